The summed E-state index contributed by atoms with van der Waals surface area (Å²) >= 11 is 0. The smallest absolute Gasteiger partial charge is 0.248 e. The number of β-amino-alcohol motifs (C(OH)–C–C–N with tert-alkyl or cyclic N) is 1. The van der Waals surface area contributed by atoms with E-state index in [1.165, 1.54) is 5.56 Å². The molecule has 9 nitrogen and oxygen atoms in total. The third kappa shape index (κ3) is 5.37. The van der Waals surface area contributed by atoms with Gasteiger partial charge in [-0.05, 0) is 68.2 Å². The van der Waals surface area contributed by atoms with Gasteiger partial charge in [-0.3, -0.25) is 9.59 Å². The molecule has 1 unspecified atom stereocenters. The molecular weight excluding hydrogens is 470 g/mol. The fourth-order valence-corrected chi connectivity index (χ4v) is 5.68. The quantitative estimate of drug-likeness (QED) is 0.593. The third-order valence-corrected chi connectivity index (χ3v) is 7.59. The lowest BCUT2D eigenvalue weighted by molar-refractivity contribution is -0.144. The number of aliphatic hydroxyl groups is 1. The first-order chi connectivity index (χ1) is 17.5. The number of fused-ring (bicyclic) bond motifs is 1. The van der Waals surface area contributed by atoms with Crippen LogP contribution < -0.4 is 10.1 Å². The van der Waals surface area contributed by atoms with E-state index in [4.69, 9.17) is 4.74 Å². The largest absolute Gasteiger partial charge is 0.491 e. The lowest BCUT2D eigenvalue weighted by Crippen LogP contribution is -2.50. The van der Waals surface area contributed by atoms with E-state index < -0.39 is 23.6 Å². The highest BCUT2D eigenvalue weighted by molar-refractivity contribution is 5.90. The number of nitrogens with one attached hydrogen (secondary N) is 1. The number of carbonyl (C=O) groups excluding carboxylic acids is 2. The summed E-state index contributed by atoms with van der Waals surface area (Å²) < 4.78 is 7.48. The molecule has 1 saturated heterocycles. The number of benzene rings is 1. The fourth-order valence-electron chi connectivity index (χ4n) is 5.68. The number of aliphatic hydroxyl groups excluding tert-OH is 1. The normalized spacial score (nSPS) is 24.3. The number of aryl methyl sites for hydroxylation is 1. The van der Waals surface area contributed by atoms with Crippen molar-refractivity contribution in [3.63, 3.8) is 0 Å². The van der Waals surface area contributed by atoms with Crippen LogP contribution in [0.25, 0.3) is 0 Å². The number of ether oxygens (including phenoxy) is 1. The maximum atomic E-state index is 13.9. The predicted octanol–water partition coefficient (Wildman–Crippen LogP) is 3.30. The van der Waals surface area contributed by atoms with Crippen molar-refractivity contribution < 1.29 is 19.4 Å². The molecule has 2 N–H and O–H groups in total. The van der Waals surface area contributed by atoms with Crippen molar-refractivity contribution in [1.82, 2.24) is 25.2 Å². The third-order valence-electron chi connectivity index (χ3n) is 7.59. The zero-order valence-corrected chi connectivity index (χ0v) is 22.5. The first-order valence-corrected chi connectivity index (χ1v) is 13.5. The van der Waals surface area contributed by atoms with Crippen LogP contribution in [0.1, 0.15) is 95.1 Å². The first kappa shape index (κ1) is 25.7. The lowest BCUT2D eigenvalue weighted by Gasteiger charge is -2.34. The van der Waals surface area contributed by atoms with E-state index in [0.717, 1.165) is 42.7 Å². The second-order valence-corrected chi connectivity index (χ2v) is 12.2. The monoisotopic (exact) mass is 509 g/mol. The number of aromatic nitrogens is 3. The molecule has 2 heterocycles. The van der Waals surface area contributed by atoms with Crippen molar-refractivity contribution in [2.75, 3.05) is 6.54 Å². The number of nitrogens with zero attached hydrogens (tertiary/aromatic N) is 4. The molecule has 2 fully saturated rings. The summed E-state index contributed by atoms with van der Waals surface area (Å²) in [5.41, 5.74) is 2.72. The molecule has 4 atom stereocenters. The van der Waals surface area contributed by atoms with Crippen LogP contribution in [-0.2, 0) is 16.0 Å². The minimum Gasteiger partial charge on any atom is -0.491 e. The zero-order valence-electron chi connectivity index (χ0n) is 22.5. The standard InChI is InChI=1S/C28H39N5O4/c1-16(2)37-20-9-10-21-18(12-20)8-11-22(21)29-26(35)24-13-19(34)14-32(24)27(36)25(28(3,4)5)33-15-23(30-31-33)17-6-7-17/h9-10,12,15-17,19,22,24-25,34H,6-8,11,13-14H2,1-5H3,(H,29,35)/t19-,22?,24+,25-/m0/s1. The summed E-state index contributed by atoms with van der Waals surface area (Å²) in [7, 11) is 0. The Morgan fingerprint density at radius 1 is 1.19 bits per heavy atom. The molecular formula is C28H39N5O4. The number of hydrogen-bond acceptors (Lipinski definition) is 6. The van der Waals surface area contributed by atoms with Crippen LogP contribution in [0.15, 0.2) is 24.4 Å². The minimum absolute atomic E-state index is 0.0991. The van der Waals surface area contributed by atoms with Crippen LogP contribution in [0, 0.1) is 5.41 Å². The average molecular weight is 510 g/mol. The van der Waals surface area contributed by atoms with Gasteiger partial charge in [0.25, 0.3) is 0 Å². The Morgan fingerprint density at radius 2 is 1.95 bits per heavy atom. The summed E-state index contributed by atoms with van der Waals surface area (Å²) in [6.45, 7) is 10.1. The van der Waals surface area contributed by atoms with Crippen LogP contribution in [0.5, 0.6) is 5.75 Å². The van der Waals surface area contributed by atoms with Gasteiger partial charge in [0.1, 0.15) is 17.8 Å². The zero-order chi connectivity index (χ0) is 26.5. The molecule has 1 aliphatic heterocycles. The number of carbonyl (C=O) groups is 2. The second kappa shape index (κ2) is 9.74. The van der Waals surface area contributed by atoms with Gasteiger partial charge in [0.05, 0.1) is 23.9 Å². The van der Waals surface area contributed by atoms with Crippen LogP contribution in [-0.4, -0.2) is 61.6 Å². The van der Waals surface area contributed by atoms with Gasteiger partial charge in [0, 0.05) is 25.1 Å². The molecule has 9 heteroatoms. The van der Waals surface area contributed by atoms with E-state index in [-0.39, 0.29) is 36.9 Å². The Labute approximate surface area is 218 Å². The summed E-state index contributed by atoms with van der Waals surface area (Å²) in [4.78, 5) is 29.0. The molecule has 0 radical (unpaired) electrons. The van der Waals surface area contributed by atoms with Crippen LogP contribution in [0.4, 0.5) is 0 Å². The summed E-state index contributed by atoms with van der Waals surface area (Å²) in [5, 5.41) is 22.3. The fraction of sp³-hybridized carbons (Fsp3) is 0.643. The highest BCUT2D eigenvalue weighted by atomic mass is 16.5. The van der Waals surface area contributed by atoms with Crippen LogP contribution >= 0.6 is 0 Å². The van der Waals surface area contributed by atoms with E-state index in [0.29, 0.717) is 5.92 Å². The van der Waals surface area contributed by atoms with Crippen molar-refractivity contribution in [2.24, 2.45) is 5.41 Å². The van der Waals surface area contributed by atoms with Crippen molar-refractivity contribution in [3.8, 4) is 5.75 Å². The predicted molar refractivity (Wildman–Crippen MR) is 138 cm³/mol. The first-order valence-electron chi connectivity index (χ1n) is 13.5. The molecule has 200 valence electrons. The van der Waals surface area contributed by atoms with Gasteiger partial charge in [0.15, 0.2) is 0 Å². The molecule has 2 aliphatic carbocycles. The highest BCUT2D eigenvalue weighted by Crippen LogP contribution is 2.40. The van der Waals surface area contributed by atoms with Gasteiger partial charge >= 0.3 is 0 Å². The molecule has 1 aromatic carbocycles. The maximum absolute atomic E-state index is 13.9. The van der Waals surface area contributed by atoms with Gasteiger partial charge in [0.2, 0.25) is 11.8 Å². The molecule has 5 rings (SSSR count). The summed E-state index contributed by atoms with van der Waals surface area (Å²) in [5.74, 6) is 0.829. The van der Waals surface area contributed by atoms with Gasteiger partial charge in [-0.2, -0.15) is 0 Å². The summed E-state index contributed by atoms with van der Waals surface area (Å²) in [6, 6.07) is 4.54. The van der Waals surface area contributed by atoms with Crippen molar-refractivity contribution in [1.29, 1.82) is 0 Å². The number of rotatable bonds is 7. The Bertz CT molecular complexity index is 1170. The average Bonchev–Trinajstić information content (AvgIpc) is 3.22. The maximum Gasteiger partial charge on any atom is 0.248 e. The van der Waals surface area contributed by atoms with Crippen molar-refractivity contribution >= 4 is 11.8 Å². The minimum atomic E-state index is -0.746. The molecule has 0 bridgehead atoms. The van der Waals surface area contributed by atoms with E-state index in [9.17, 15) is 14.7 Å². The topological polar surface area (TPSA) is 110 Å². The summed E-state index contributed by atoms with van der Waals surface area (Å²) in [6.07, 6.45) is 5.30. The van der Waals surface area contributed by atoms with E-state index in [2.05, 4.69) is 21.7 Å². The van der Waals surface area contributed by atoms with Gasteiger partial charge in [-0.1, -0.05) is 32.1 Å². The Kier molecular flexibility index (Phi) is 6.77. The van der Waals surface area contributed by atoms with Crippen molar-refractivity contribution in [2.45, 2.75) is 103 Å². The Morgan fingerprint density at radius 3 is 2.62 bits per heavy atom. The van der Waals surface area contributed by atoms with Crippen LogP contribution in [0.3, 0.4) is 0 Å². The number of likely N-dealkylation sites (tertiary alicyclic amines) is 1. The number of amides is 2. The van der Waals surface area contributed by atoms with Crippen molar-refractivity contribution in [3.05, 3.63) is 41.2 Å². The van der Waals surface area contributed by atoms with E-state index >= 15 is 0 Å². The number of hydrogen-bond donors (Lipinski definition) is 2. The molecule has 2 aromatic rings. The van der Waals surface area contributed by atoms with Gasteiger partial charge in [-0.15, -0.1) is 5.10 Å². The van der Waals surface area contributed by atoms with E-state index in [1.807, 2.05) is 52.9 Å². The van der Waals surface area contributed by atoms with Crippen LogP contribution in [0.2, 0.25) is 0 Å². The lowest BCUT2D eigenvalue weighted by atomic mass is 9.85. The van der Waals surface area contributed by atoms with E-state index in [1.54, 1.807) is 9.58 Å². The molecule has 2 amide bonds. The molecule has 37 heavy (non-hydrogen) atoms. The van der Waals surface area contributed by atoms with Gasteiger partial charge < -0.3 is 20.1 Å². The molecule has 1 saturated carbocycles. The second-order valence-electron chi connectivity index (χ2n) is 12.2. The van der Waals surface area contributed by atoms with Gasteiger partial charge in [-0.25, -0.2) is 4.68 Å². The molecule has 1 aromatic heterocycles. The molecule has 0 spiro atoms. The highest BCUT2D eigenvalue weighted by Gasteiger charge is 2.46. The molecule has 3 aliphatic rings. The Balaban J connectivity index is 1.32. The Hall–Kier alpha value is -2.94. The SMILES string of the molecule is CC(C)Oc1ccc2c(c1)CCC2NC(=O)[C@H]1C[C@H](O)CN1C(=O)[C@H](n1cc(C2CC2)nn1)C(C)(C)C.